The maximum absolute atomic E-state index is 13.1. The Morgan fingerprint density at radius 2 is 1.87 bits per heavy atom. The lowest BCUT2D eigenvalue weighted by Gasteiger charge is -2.11. The van der Waals surface area contributed by atoms with E-state index in [2.05, 4.69) is 10.3 Å². The molecule has 6 nitrogen and oxygen atoms in total. The maximum Gasteiger partial charge on any atom is 0.262 e. The molecule has 1 amide bonds. The Hall–Kier alpha value is -3.45. The summed E-state index contributed by atoms with van der Waals surface area (Å²) in [6.07, 6.45) is 1.66. The number of nitrogens with one attached hydrogen (secondary N) is 1. The maximum atomic E-state index is 13.1. The number of aromatic nitrogens is 2. The highest BCUT2D eigenvalue weighted by Crippen LogP contribution is 2.30. The summed E-state index contributed by atoms with van der Waals surface area (Å²) in [5.41, 5.74) is 4.52. The van der Waals surface area contributed by atoms with Crippen LogP contribution in [0.3, 0.4) is 0 Å². The first-order valence-electron chi connectivity index (χ1n) is 9.94. The second kappa shape index (κ2) is 8.73. The Kier molecular flexibility index (Phi) is 5.86. The Labute approximate surface area is 184 Å². The quantitative estimate of drug-likeness (QED) is 0.475. The number of carbonyl (C=O) groups is 1. The van der Waals surface area contributed by atoms with E-state index >= 15 is 0 Å². The van der Waals surface area contributed by atoms with Crippen molar-refractivity contribution in [3.05, 3.63) is 75.7 Å². The fourth-order valence-corrected chi connectivity index (χ4v) is 4.33. The van der Waals surface area contributed by atoms with E-state index in [-0.39, 0.29) is 24.4 Å². The summed E-state index contributed by atoms with van der Waals surface area (Å²) in [6.45, 7) is 4.22. The van der Waals surface area contributed by atoms with Gasteiger partial charge >= 0.3 is 0 Å². The summed E-state index contributed by atoms with van der Waals surface area (Å²) in [5, 5.41) is 5.43. The second-order valence-electron chi connectivity index (χ2n) is 7.44. The van der Waals surface area contributed by atoms with Gasteiger partial charge in [0.05, 0.1) is 24.5 Å². The number of rotatable bonds is 6. The van der Waals surface area contributed by atoms with Crippen molar-refractivity contribution in [3.63, 3.8) is 0 Å². The largest absolute Gasteiger partial charge is 0.495 e. The number of hydrogen-bond donors (Lipinski definition) is 1. The minimum absolute atomic E-state index is 0.136. The molecule has 7 heteroatoms. The van der Waals surface area contributed by atoms with Gasteiger partial charge in [-0.15, -0.1) is 11.3 Å². The molecule has 4 aromatic rings. The molecule has 0 saturated carbocycles. The summed E-state index contributed by atoms with van der Waals surface area (Å²) >= 11 is 1.45. The number of carbonyl (C=O) groups excluding carboxylic acids is 1. The first kappa shape index (κ1) is 20.8. The van der Waals surface area contributed by atoms with Gasteiger partial charge in [-0.3, -0.25) is 14.2 Å². The third kappa shape index (κ3) is 4.36. The van der Waals surface area contributed by atoms with Crippen LogP contribution in [0.2, 0.25) is 0 Å². The molecule has 0 aliphatic rings. The molecule has 158 valence electrons. The third-order valence-corrected chi connectivity index (χ3v) is 6.02. The topological polar surface area (TPSA) is 73.2 Å². The van der Waals surface area contributed by atoms with Crippen molar-refractivity contribution in [3.8, 4) is 16.9 Å². The smallest absolute Gasteiger partial charge is 0.262 e. The fourth-order valence-electron chi connectivity index (χ4n) is 3.43. The molecular weight excluding hydrogens is 410 g/mol. The van der Waals surface area contributed by atoms with Crippen molar-refractivity contribution in [1.82, 2.24) is 9.55 Å². The van der Waals surface area contributed by atoms with E-state index in [0.717, 1.165) is 22.3 Å². The average molecular weight is 434 g/mol. The number of fused-ring (bicyclic) bond motifs is 1. The van der Waals surface area contributed by atoms with Gasteiger partial charge in [-0.2, -0.15) is 0 Å². The number of ether oxygens (including phenoxy) is 1. The number of benzene rings is 2. The summed E-state index contributed by atoms with van der Waals surface area (Å²) in [7, 11) is 1.56. The Morgan fingerprint density at radius 3 is 2.61 bits per heavy atom. The molecular formula is C24H23N3O3S. The molecule has 0 aliphatic carbocycles. The van der Waals surface area contributed by atoms with Crippen LogP contribution in [0.5, 0.6) is 5.75 Å². The van der Waals surface area contributed by atoms with E-state index in [1.807, 2.05) is 61.7 Å². The first-order chi connectivity index (χ1) is 15.0. The molecule has 2 aromatic heterocycles. The minimum atomic E-state index is -0.194. The highest BCUT2D eigenvalue weighted by molar-refractivity contribution is 7.17. The summed E-state index contributed by atoms with van der Waals surface area (Å²) < 4.78 is 6.81. The van der Waals surface area contributed by atoms with Crippen LogP contribution in [-0.2, 0) is 11.3 Å². The summed E-state index contributed by atoms with van der Waals surface area (Å²) in [5.74, 6) is 0.403. The SMILES string of the molecule is COc1ccc(C)cc1NC(=O)CCn1cnc2scc(-c3ccc(C)cc3)c2c1=O. The lowest BCUT2D eigenvalue weighted by molar-refractivity contribution is -0.116. The van der Waals surface area contributed by atoms with Gasteiger partial charge in [-0.25, -0.2) is 4.98 Å². The molecule has 0 unspecified atom stereocenters. The lowest BCUT2D eigenvalue weighted by Crippen LogP contribution is -2.23. The number of amides is 1. The first-order valence-corrected chi connectivity index (χ1v) is 10.8. The van der Waals surface area contributed by atoms with Crippen LogP contribution in [0.1, 0.15) is 17.5 Å². The molecule has 1 N–H and O–H groups in total. The van der Waals surface area contributed by atoms with Crippen molar-refractivity contribution in [2.24, 2.45) is 0 Å². The number of hydrogen-bond acceptors (Lipinski definition) is 5. The molecule has 0 radical (unpaired) electrons. The Morgan fingerprint density at radius 1 is 1.13 bits per heavy atom. The van der Waals surface area contributed by atoms with Gasteiger partial charge in [0.25, 0.3) is 5.56 Å². The van der Waals surface area contributed by atoms with Crippen LogP contribution in [-0.4, -0.2) is 22.6 Å². The van der Waals surface area contributed by atoms with Gasteiger partial charge in [-0.05, 0) is 37.1 Å². The van der Waals surface area contributed by atoms with E-state index < -0.39 is 0 Å². The van der Waals surface area contributed by atoms with Crippen molar-refractivity contribution in [2.45, 2.75) is 26.8 Å². The van der Waals surface area contributed by atoms with Gasteiger partial charge in [-0.1, -0.05) is 35.9 Å². The van der Waals surface area contributed by atoms with Crippen molar-refractivity contribution < 1.29 is 9.53 Å². The number of anilines is 1. The van der Waals surface area contributed by atoms with E-state index in [4.69, 9.17) is 4.74 Å². The summed E-state index contributed by atoms with van der Waals surface area (Å²) in [6, 6.07) is 13.7. The van der Waals surface area contributed by atoms with Crippen molar-refractivity contribution >= 4 is 33.1 Å². The Balaban J connectivity index is 1.55. The number of nitrogens with zero attached hydrogens (tertiary/aromatic N) is 2. The van der Waals surface area contributed by atoms with Gasteiger partial charge in [0.2, 0.25) is 5.91 Å². The fraction of sp³-hybridized carbons (Fsp3) is 0.208. The van der Waals surface area contributed by atoms with E-state index in [0.29, 0.717) is 21.7 Å². The van der Waals surface area contributed by atoms with Crippen LogP contribution < -0.4 is 15.6 Å². The molecule has 0 aliphatic heterocycles. The van der Waals surface area contributed by atoms with Crippen LogP contribution in [0.15, 0.2) is 59.0 Å². The molecule has 0 saturated heterocycles. The molecule has 4 rings (SSSR count). The Bertz CT molecular complexity index is 1310. The van der Waals surface area contributed by atoms with Crippen LogP contribution in [0, 0.1) is 13.8 Å². The molecule has 2 heterocycles. The van der Waals surface area contributed by atoms with Crippen molar-refractivity contribution in [2.75, 3.05) is 12.4 Å². The lowest BCUT2D eigenvalue weighted by atomic mass is 10.1. The molecule has 31 heavy (non-hydrogen) atoms. The second-order valence-corrected chi connectivity index (χ2v) is 8.30. The van der Waals surface area contributed by atoms with Crippen LogP contribution in [0.4, 0.5) is 5.69 Å². The highest BCUT2D eigenvalue weighted by atomic mass is 32.1. The highest BCUT2D eigenvalue weighted by Gasteiger charge is 2.14. The van der Waals surface area contributed by atoms with Gasteiger partial charge in [0.1, 0.15) is 10.6 Å². The predicted molar refractivity (Wildman–Crippen MR) is 125 cm³/mol. The monoisotopic (exact) mass is 433 g/mol. The average Bonchev–Trinajstić information content (AvgIpc) is 3.19. The number of methoxy groups -OCH3 is 1. The van der Waals surface area contributed by atoms with Crippen molar-refractivity contribution in [1.29, 1.82) is 0 Å². The van der Waals surface area contributed by atoms with Crippen LogP contribution >= 0.6 is 11.3 Å². The van der Waals surface area contributed by atoms with E-state index in [1.54, 1.807) is 7.11 Å². The number of thiophene rings is 1. The predicted octanol–water partition coefficient (Wildman–Crippen LogP) is 4.78. The standard InChI is InChI=1S/C24H23N3O3S/c1-15-4-7-17(8-5-15)18-13-31-23-22(18)24(29)27(14-25-23)11-10-21(28)26-19-12-16(2)6-9-20(19)30-3/h4-9,12-14H,10-11H2,1-3H3,(H,26,28). The molecule has 0 bridgehead atoms. The minimum Gasteiger partial charge on any atom is -0.495 e. The van der Waals surface area contributed by atoms with E-state index in [9.17, 15) is 9.59 Å². The zero-order chi connectivity index (χ0) is 22.0. The van der Waals surface area contributed by atoms with Gasteiger partial charge < -0.3 is 10.1 Å². The third-order valence-electron chi connectivity index (χ3n) is 5.13. The normalized spacial score (nSPS) is 10.9. The van der Waals surface area contributed by atoms with Gasteiger partial charge in [0, 0.05) is 23.9 Å². The zero-order valence-electron chi connectivity index (χ0n) is 17.6. The molecule has 2 aromatic carbocycles. The molecule has 0 atom stereocenters. The number of aryl methyl sites for hydroxylation is 3. The van der Waals surface area contributed by atoms with Gasteiger partial charge in [0.15, 0.2) is 0 Å². The summed E-state index contributed by atoms with van der Waals surface area (Å²) in [4.78, 5) is 30.8. The van der Waals surface area contributed by atoms with E-state index in [1.165, 1.54) is 22.2 Å². The van der Waals surface area contributed by atoms with Crippen LogP contribution in [0.25, 0.3) is 21.3 Å². The molecule has 0 spiro atoms. The molecule has 0 fully saturated rings. The zero-order valence-corrected chi connectivity index (χ0v) is 18.5.